The van der Waals surface area contributed by atoms with E-state index in [1.54, 1.807) is 7.11 Å². The third kappa shape index (κ3) is 5.36. The zero-order valence-electron chi connectivity index (χ0n) is 11.9. The van der Waals surface area contributed by atoms with Gasteiger partial charge in [0.25, 0.3) is 0 Å². The van der Waals surface area contributed by atoms with Gasteiger partial charge in [-0.25, -0.2) is 0 Å². The standard InChI is InChI=1S/C14H29NO2/c1-5-15-9-14(10-16-4)17-13-7-6-11(2)12(3)8-13/h11-15H,5-10H2,1-4H3. The molecule has 0 aromatic rings. The quantitative estimate of drug-likeness (QED) is 0.745. The van der Waals surface area contributed by atoms with Crippen LogP contribution in [0.5, 0.6) is 0 Å². The Morgan fingerprint density at radius 3 is 2.59 bits per heavy atom. The summed E-state index contributed by atoms with van der Waals surface area (Å²) in [5.41, 5.74) is 0. The lowest BCUT2D eigenvalue weighted by atomic mass is 9.80. The van der Waals surface area contributed by atoms with E-state index in [0.29, 0.717) is 12.7 Å². The van der Waals surface area contributed by atoms with E-state index in [4.69, 9.17) is 9.47 Å². The molecule has 1 N–H and O–H groups in total. The number of rotatable bonds is 7. The summed E-state index contributed by atoms with van der Waals surface area (Å²) in [6, 6.07) is 0. The number of ether oxygens (including phenoxy) is 2. The monoisotopic (exact) mass is 243 g/mol. The van der Waals surface area contributed by atoms with Crippen LogP contribution in [-0.2, 0) is 9.47 Å². The summed E-state index contributed by atoms with van der Waals surface area (Å²) in [4.78, 5) is 0. The van der Waals surface area contributed by atoms with Gasteiger partial charge >= 0.3 is 0 Å². The number of likely N-dealkylation sites (N-methyl/N-ethyl adjacent to an activating group) is 1. The maximum atomic E-state index is 6.17. The predicted octanol–water partition coefficient (Wildman–Crippen LogP) is 2.45. The van der Waals surface area contributed by atoms with Crippen LogP contribution in [0.2, 0.25) is 0 Å². The Morgan fingerprint density at radius 1 is 1.24 bits per heavy atom. The largest absolute Gasteiger partial charge is 0.382 e. The van der Waals surface area contributed by atoms with E-state index in [1.807, 2.05) is 0 Å². The molecule has 1 aliphatic carbocycles. The van der Waals surface area contributed by atoms with Gasteiger partial charge in [0.1, 0.15) is 0 Å². The number of nitrogens with one attached hydrogen (secondary N) is 1. The summed E-state index contributed by atoms with van der Waals surface area (Å²) < 4.78 is 11.4. The summed E-state index contributed by atoms with van der Waals surface area (Å²) in [5, 5.41) is 3.34. The van der Waals surface area contributed by atoms with Crippen molar-refractivity contribution in [2.45, 2.75) is 52.2 Å². The second-order valence-corrected chi connectivity index (χ2v) is 5.41. The lowest BCUT2D eigenvalue weighted by Gasteiger charge is -2.34. The van der Waals surface area contributed by atoms with Gasteiger partial charge in [0.05, 0.1) is 18.8 Å². The molecule has 1 saturated carbocycles. The van der Waals surface area contributed by atoms with E-state index >= 15 is 0 Å². The summed E-state index contributed by atoms with van der Waals surface area (Å²) in [5.74, 6) is 1.64. The molecule has 0 aromatic carbocycles. The molecule has 4 atom stereocenters. The highest BCUT2D eigenvalue weighted by atomic mass is 16.5. The van der Waals surface area contributed by atoms with E-state index < -0.39 is 0 Å². The molecule has 0 bridgehead atoms. The van der Waals surface area contributed by atoms with Crippen LogP contribution in [0.15, 0.2) is 0 Å². The molecule has 1 fully saturated rings. The van der Waals surface area contributed by atoms with Crippen molar-refractivity contribution in [2.75, 3.05) is 26.8 Å². The van der Waals surface area contributed by atoms with E-state index in [0.717, 1.165) is 24.9 Å². The molecule has 17 heavy (non-hydrogen) atoms. The number of methoxy groups -OCH3 is 1. The van der Waals surface area contributed by atoms with Gasteiger partial charge in [-0.1, -0.05) is 20.8 Å². The molecule has 0 aromatic heterocycles. The van der Waals surface area contributed by atoms with Crippen LogP contribution in [0.25, 0.3) is 0 Å². The van der Waals surface area contributed by atoms with Gasteiger partial charge in [-0.3, -0.25) is 0 Å². The first-order valence-corrected chi connectivity index (χ1v) is 7.02. The Balaban J connectivity index is 2.33. The van der Waals surface area contributed by atoms with Crippen molar-refractivity contribution in [1.29, 1.82) is 0 Å². The Morgan fingerprint density at radius 2 is 2.00 bits per heavy atom. The van der Waals surface area contributed by atoms with Crippen LogP contribution in [-0.4, -0.2) is 39.0 Å². The highest BCUT2D eigenvalue weighted by molar-refractivity contribution is 4.77. The molecule has 0 saturated heterocycles. The maximum absolute atomic E-state index is 6.17. The minimum atomic E-state index is 0.200. The third-order valence-electron chi connectivity index (χ3n) is 3.91. The summed E-state index contributed by atoms with van der Waals surface area (Å²) >= 11 is 0. The van der Waals surface area contributed by atoms with Crippen LogP contribution in [0.3, 0.4) is 0 Å². The van der Waals surface area contributed by atoms with Gasteiger partial charge < -0.3 is 14.8 Å². The minimum absolute atomic E-state index is 0.200. The van der Waals surface area contributed by atoms with Crippen LogP contribution in [0.1, 0.15) is 40.0 Å². The van der Waals surface area contributed by atoms with Gasteiger partial charge in [-0.2, -0.15) is 0 Å². The predicted molar refractivity (Wildman–Crippen MR) is 71.3 cm³/mol. The van der Waals surface area contributed by atoms with Gasteiger partial charge in [0.15, 0.2) is 0 Å². The van der Waals surface area contributed by atoms with Crippen LogP contribution < -0.4 is 5.32 Å². The average molecular weight is 243 g/mol. The lowest BCUT2D eigenvalue weighted by Crippen LogP contribution is -2.38. The van der Waals surface area contributed by atoms with Crippen molar-refractivity contribution in [2.24, 2.45) is 11.8 Å². The minimum Gasteiger partial charge on any atom is -0.382 e. The van der Waals surface area contributed by atoms with Crippen molar-refractivity contribution in [3.63, 3.8) is 0 Å². The number of hydrogen-bond acceptors (Lipinski definition) is 3. The summed E-state index contributed by atoms with van der Waals surface area (Å²) in [7, 11) is 1.74. The number of hydrogen-bond donors (Lipinski definition) is 1. The Kier molecular flexibility index (Phi) is 7.09. The molecule has 4 unspecified atom stereocenters. The van der Waals surface area contributed by atoms with Gasteiger partial charge in [-0.15, -0.1) is 0 Å². The first-order chi connectivity index (χ1) is 8.17. The lowest BCUT2D eigenvalue weighted by molar-refractivity contribution is -0.0717. The average Bonchev–Trinajstić information content (AvgIpc) is 2.31. The molecule has 0 spiro atoms. The van der Waals surface area contributed by atoms with Crippen molar-refractivity contribution >= 4 is 0 Å². The van der Waals surface area contributed by atoms with E-state index in [-0.39, 0.29) is 6.10 Å². The molecule has 1 aliphatic rings. The van der Waals surface area contributed by atoms with Gasteiger partial charge in [0.2, 0.25) is 0 Å². The topological polar surface area (TPSA) is 30.5 Å². The normalized spacial score (nSPS) is 31.4. The fourth-order valence-electron chi connectivity index (χ4n) is 2.53. The van der Waals surface area contributed by atoms with Crippen LogP contribution in [0, 0.1) is 11.8 Å². The maximum Gasteiger partial charge on any atom is 0.0936 e. The third-order valence-corrected chi connectivity index (χ3v) is 3.91. The molecular formula is C14H29NO2. The summed E-state index contributed by atoms with van der Waals surface area (Å²) in [6.45, 7) is 9.39. The molecule has 3 nitrogen and oxygen atoms in total. The smallest absolute Gasteiger partial charge is 0.0936 e. The highest BCUT2D eigenvalue weighted by Gasteiger charge is 2.26. The molecule has 1 rings (SSSR count). The first-order valence-electron chi connectivity index (χ1n) is 7.02. The second kappa shape index (κ2) is 8.06. The molecule has 3 heteroatoms. The SMILES string of the molecule is CCNCC(COC)OC1CCC(C)C(C)C1. The van der Waals surface area contributed by atoms with Crippen molar-refractivity contribution in [3.8, 4) is 0 Å². The first kappa shape index (κ1) is 14.9. The molecular weight excluding hydrogens is 214 g/mol. The zero-order chi connectivity index (χ0) is 12.7. The van der Waals surface area contributed by atoms with E-state index in [2.05, 4.69) is 26.1 Å². The summed E-state index contributed by atoms with van der Waals surface area (Å²) in [6.07, 6.45) is 4.34. The second-order valence-electron chi connectivity index (χ2n) is 5.41. The zero-order valence-corrected chi connectivity index (χ0v) is 11.9. The molecule has 0 heterocycles. The van der Waals surface area contributed by atoms with Crippen molar-refractivity contribution < 1.29 is 9.47 Å². The van der Waals surface area contributed by atoms with Gasteiger partial charge in [0, 0.05) is 13.7 Å². The fourth-order valence-corrected chi connectivity index (χ4v) is 2.53. The highest BCUT2D eigenvalue weighted by Crippen LogP contribution is 2.31. The van der Waals surface area contributed by atoms with Crippen molar-refractivity contribution in [3.05, 3.63) is 0 Å². The molecule has 0 aliphatic heterocycles. The van der Waals surface area contributed by atoms with Crippen LogP contribution >= 0.6 is 0 Å². The molecule has 0 radical (unpaired) electrons. The van der Waals surface area contributed by atoms with E-state index in [1.165, 1.54) is 19.3 Å². The fraction of sp³-hybridized carbons (Fsp3) is 1.00. The van der Waals surface area contributed by atoms with Crippen molar-refractivity contribution in [1.82, 2.24) is 5.32 Å². The van der Waals surface area contributed by atoms with E-state index in [9.17, 15) is 0 Å². The Labute approximate surface area is 106 Å². The Hall–Kier alpha value is -0.120. The Bertz CT molecular complexity index is 197. The van der Waals surface area contributed by atoms with Crippen LogP contribution in [0.4, 0.5) is 0 Å². The van der Waals surface area contributed by atoms with Gasteiger partial charge in [-0.05, 0) is 37.6 Å². The molecule has 0 amide bonds. The molecule has 102 valence electrons.